The second kappa shape index (κ2) is 9.45. The van der Waals surface area contributed by atoms with Crippen molar-refractivity contribution in [2.24, 2.45) is 0 Å². The maximum atomic E-state index is 12.4. The van der Waals surface area contributed by atoms with Crippen molar-refractivity contribution in [1.29, 1.82) is 0 Å². The molecule has 0 aliphatic carbocycles. The molecule has 0 saturated carbocycles. The number of hydrogen-bond donors (Lipinski definition) is 1. The molecule has 30 heavy (non-hydrogen) atoms. The number of thioether (sulfide) groups is 1. The monoisotopic (exact) mass is 419 g/mol. The van der Waals surface area contributed by atoms with E-state index < -0.39 is 0 Å². The summed E-state index contributed by atoms with van der Waals surface area (Å²) in [4.78, 5) is 21.6. The molecule has 0 aliphatic heterocycles. The average molecular weight is 420 g/mol. The van der Waals surface area contributed by atoms with Gasteiger partial charge in [0.15, 0.2) is 11.6 Å². The number of para-hydroxylation sites is 2. The molecule has 0 bridgehead atoms. The van der Waals surface area contributed by atoms with E-state index in [1.807, 2.05) is 54.6 Å². The maximum Gasteiger partial charge on any atom is 0.230 e. The number of nitrogens with one attached hydrogen (secondary N) is 1. The predicted octanol–water partition coefficient (Wildman–Crippen LogP) is 4.35. The SMILES string of the molecule is COc1ccccc1CCNC(=O)CSc1nc(-c2ccco2)nc2ccccc12. The molecule has 1 amide bonds. The molecule has 0 fully saturated rings. The summed E-state index contributed by atoms with van der Waals surface area (Å²) in [6.45, 7) is 0.544. The van der Waals surface area contributed by atoms with E-state index in [1.54, 1.807) is 19.4 Å². The smallest absolute Gasteiger partial charge is 0.230 e. The quantitative estimate of drug-likeness (QED) is 0.338. The molecule has 1 N–H and O–H groups in total. The van der Waals surface area contributed by atoms with Gasteiger partial charge in [-0.2, -0.15) is 0 Å². The molecule has 2 aromatic carbocycles. The van der Waals surface area contributed by atoms with E-state index in [2.05, 4.69) is 15.3 Å². The Morgan fingerprint density at radius 1 is 1.07 bits per heavy atom. The maximum absolute atomic E-state index is 12.4. The molecule has 4 aromatic rings. The normalized spacial score (nSPS) is 10.8. The summed E-state index contributed by atoms with van der Waals surface area (Å²) in [6.07, 6.45) is 2.30. The number of methoxy groups -OCH3 is 1. The molecule has 0 radical (unpaired) electrons. The van der Waals surface area contributed by atoms with Gasteiger partial charge in [-0.15, -0.1) is 0 Å². The Morgan fingerprint density at radius 2 is 1.90 bits per heavy atom. The summed E-state index contributed by atoms with van der Waals surface area (Å²) in [5, 5.41) is 4.64. The zero-order valence-electron chi connectivity index (χ0n) is 16.5. The molecule has 2 aromatic heterocycles. The van der Waals surface area contributed by atoms with Crippen LogP contribution in [0, 0.1) is 0 Å². The Bertz CT molecular complexity index is 1150. The van der Waals surface area contributed by atoms with Crippen LogP contribution in [0.15, 0.2) is 76.4 Å². The minimum atomic E-state index is -0.0443. The molecule has 0 unspecified atom stereocenters. The van der Waals surface area contributed by atoms with Crippen LogP contribution >= 0.6 is 11.8 Å². The van der Waals surface area contributed by atoms with Gasteiger partial charge in [-0.25, -0.2) is 9.97 Å². The van der Waals surface area contributed by atoms with E-state index in [1.165, 1.54) is 11.8 Å². The molecule has 0 saturated heterocycles. The van der Waals surface area contributed by atoms with Crippen LogP contribution in [0.3, 0.4) is 0 Å². The lowest BCUT2D eigenvalue weighted by Gasteiger charge is -2.10. The van der Waals surface area contributed by atoms with Crippen LogP contribution in [-0.2, 0) is 11.2 Å². The van der Waals surface area contributed by atoms with E-state index >= 15 is 0 Å². The third-order valence-electron chi connectivity index (χ3n) is 4.56. The molecule has 2 heterocycles. The number of hydrogen-bond acceptors (Lipinski definition) is 6. The summed E-state index contributed by atoms with van der Waals surface area (Å²) >= 11 is 1.39. The van der Waals surface area contributed by atoms with Gasteiger partial charge in [0.05, 0.1) is 24.6 Å². The fourth-order valence-electron chi connectivity index (χ4n) is 3.10. The summed E-state index contributed by atoms with van der Waals surface area (Å²) in [6, 6.07) is 19.2. The minimum absolute atomic E-state index is 0.0443. The summed E-state index contributed by atoms with van der Waals surface area (Å²) in [7, 11) is 1.65. The first-order valence-electron chi connectivity index (χ1n) is 9.56. The lowest BCUT2D eigenvalue weighted by Crippen LogP contribution is -2.27. The Hall–Kier alpha value is -3.32. The van der Waals surface area contributed by atoms with Crippen molar-refractivity contribution in [3.8, 4) is 17.3 Å². The zero-order chi connectivity index (χ0) is 20.8. The number of amides is 1. The van der Waals surface area contributed by atoms with Crippen molar-refractivity contribution in [3.05, 3.63) is 72.5 Å². The number of fused-ring (bicyclic) bond motifs is 1. The third kappa shape index (κ3) is 4.63. The van der Waals surface area contributed by atoms with Crippen LogP contribution in [0.1, 0.15) is 5.56 Å². The predicted molar refractivity (Wildman–Crippen MR) is 118 cm³/mol. The van der Waals surface area contributed by atoms with E-state index in [9.17, 15) is 4.79 Å². The summed E-state index contributed by atoms with van der Waals surface area (Å²) in [5.41, 5.74) is 1.89. The van der Waals surface area contributed by atoms with Crippen LogP contribution in [-0.4, -0.2) is 35.3 Å². The van der Waals surface area contributed by atoms with E-state index in [0.29, 0.717) is 24.6 Å². The van der Waals surface area contributed by atoms with Crippen molar-refractivity contribution in [1.82, 2.24) is 15.3 Å². The molecule has 6 nitrogen and oxygen atoms in total. The van der Waals surface area contributed by atoms with Gasteiger partial charge in [-0.05, 0) is 36.2 Å². The van der Waals surface area contributed by atoms with Crippen molar-refractivity contribution in [2.75, 3.05) is 19.4 Å². The molecule has 0 aliphatic rings. The standard InChI is InChI=1S/C23H21N3O3S/c1-28-19-10-5-2-7-16(19)12-13-24-21(27)15-30-23-17-8-3-4-9-18(17)25-22(26-23)20-11-6-14-29-20/h2-11,14H,12-13,15H2,1H3,(H,24,27). The Morgan fingerprint density at radius 3 is 2.73 bits per heavy atom. The van der Waals surface area contributed by atoms with Crippen molar-refractivity contribution < 1.29 is 13.9 Å². The number of rotatable bonds is 8. The lowest BCUT2D eigenvalue weighted by atomic mass is 10.1. The number of furan rings is 1. The van der Waals surface area contributed by atoms with Crippen LogP contribution in [0.4, 0.5) is 0 Å². The van der Waals surface area contributed by atoms with Crippen molar-refractivity contribution in [2.45, 2.75) is 11.4 Å². The third-order valence-corrected chi connectivity index (χ3v) is 5.55. The average Bonchev–Trinajstić information content (AvgIpc) is 3.32. The Kier molecular flexibility index (Phi) is 6.29. The van der Waals surface area contributed by atoms with Crippen LogP contribution < -0.4 is 10.1 Å². The van der Waals surface area contributed by atoms with Crippen LogP contribution in [0.25, 0.3) is 22.5 Å². The van der Waals surface area contributed by atoms with Gasteiger partial charge in [0, 0.05) is 11.9 Å². The zero-order valence-corrected chi connectivity index (χ0v) is 17.3. The lowest BCUT2D eigenvalue weighted by molar-refractivity contribution is -0.118. The summed E-state index contributed by atoms with van der Waals surface area (Å²) in [5.74, 6) is 2.17. The van der Waals surface area contributed by atoms with E-state index in [4.69, 9.17) is 9.15 Å². The van der Waals surface area contributed by atoms with Gasteiger partial charge in [0.2, 0.25) is 5.91 Å². The minimum Gasteiger partial charge on any atom is -0.496 e. The number of nitrogens with zero attached hydrogens (tertiary/aromatic N) is 2. The van der Waals surface area contributed by atoms with Gasteiger partial charge in [0.25, 0.3) is 0 Å². The number of carbonyl (C=O) groups is 1. The Labute approximate surface area is 178 Å². The molecular weight excluding hydrogens is 398 g/mol. The highest BCUT2D eigenvalue weighted by molar-refractivity contribution is 8.00. The molecule has 7 heteroatoms. The highest BCUT2D eigenvalue weighted by Gasteiger charge is 2.13. The van der Waals surface area contributed by atoms with Gasteiger partial charge < -0.3 is 14.5 Å². The van der Waals surface area contributed by atoms with E-state index in [0.717, 1.165) is 27.2 Å². The second-order valence-electron chi connectivity index (χ2n) is 6.55. The first-order valence-corrected chi connectivity index (χ1v) is 10.5. The molecular formula is C23H21N3O3S. The fourth-order valence-corrected chi connectivity index (χ4v) is 3.95. The highest BCUT2D eigenvalue weighted by atomic mass is 32.2. The molecule has 152 valence electrons. The van der Waals surface area contributed by atoms with Crippen LogP contribution in [0.2, 0.25) is 0 Å². The van der Waals surface area contributed by atoms with E-state index in [-0.39, 0.29) is 11.7 Å². The molecule has 0 atom stereocenters. The van der Waals surface area contributed by atoms with Gasteiger partial charge in [-0.3, -0.25) is 4.79 Å². The number of ether oxygens (including phenoxy) is 1. The second-order valence-corrected chi connectivity index (χ2v) is 7.51. The largest absolute Gasteiger partial charge is 0.496 e. The van der Waals surface area contributed by atoms with Crippen LogP contribution in [0.5, 0.6) is 5.75 Å². The first-order chi connectivity index (χ1) is 14.7. The van der Waals surface area contributed by atoms with Gasteiger partial charge in [0.1, 0.15) is 10.8 Å². The first kappa shape index (κ1) is 20.0. The number of aromatic nitrogens is 2. The summed E-state index contributed by atoms with van der Waals surface area (Å²) < 4.78 is 10.8. The van der Waals surface area contributed by atoms with Gasteiger partial charge >= 0.3 is 0 Å². The Balaban J connectivity index is 1.41. The van der Waals surface area contributed by atoms with Crippen molar-refractivity contribution >= 4 is 28.6 Å². The fraction of sp³-hybridized carbons (Fsp3) is 0.174. The molecule has 0 spiro atoms. The number of benzene rings is 2. The molecule has 4 rings (SSSR count). The topological polar surface area (TPSA) is 77.2 Å². The number of carbonyl (C=O) groups excluding carboxylic acids is 1. The highest BCUT2D eigenvalue weighted by Crippen LogP contribution is 2.28. The van der Waals surface area contributed by atoms with Crippen molar-refractivity contribution in [3.63, 3.8) is 0 Å². The van der Waals surface area contributed by atoms with Gasteiger partial charge in [-0.1, -0.05) is 48.2 Å².